The number of aryl methyl sites for hydroxylation is 1. The van der Waals surface area contributed by atoms with E-state index < -0.39 is 0 Å². The molecule has 0 radical (unpaired) electrons. The highest BCUT2D eigenvalue weighted by Gasteiger charge is 2.29. The molecule has 2 nitrogen and oxygen atoms in total. The molecule has 0 saturated heterocycles. The van der Waals surface area contributed by atoms with Crippen LogP contribution >= 0.6 is 0 Å². The minimum atomic E-state index is 0.743. The van der Waals surface area contributed by atoms with E-state index in [1.54, 1.807) is 0 Å². The molecule has 0 spiro atoms. The molecule has 3 rings (SSSR count). The second-order valence-corrected chi connectivity index (χ2v) is 6.45. The summed E-state index contributed by atoms with van der Waals surface area (Å²) in [5, 5.41) is 0. The summed E-state index contributed by atoms with van der Waals surface area (Å²) in [7, 11) is 0. The Morgan fingerprint density at radius 1 is 1.11 bits per heavy atom. The SMILES string of the molecule is Cc1cc(CCN)ccc1N(CC1CC1)CC1CC1. The smallest absolute Gasteiger partial charge is 0.0396 e. The zero-order valence-electron chi connectivity index (χ0n) is 12.1. The zero-order valence-corrected chi connectivity index (χ0v) is 12.1. The van der Waals surface area contributed by atoms with E-state index in [4.69, 9.17) is 5.73 Å². The van der Waals surface area contributed by atoms with Gasteiger partial charge in [-0.05, 0) is 74.6 Å². The van der Waals surface area contributed by atoms with E-state index in [9.17, 15) is 0 Å². The van der Waals surface area contributed by atoms with Crippen LogP contribution in [0.15, 0.2) is 18.2 Å². The Kier molecular flexibility index (Phi) is 3.79. The van der Waals surface area contributed by atoms with Crippen LogP contribution in [0.3, 0.4) is 0 Å². The maximum Gasteiger partial charge on any atom is 0.0396 e. The number of hydrogen-bond acceptors (Lipinski definition) is 2. The van der Waals surface area contributed by atoms with Gasteiger partial charge in [-0.2, -0.15) is 0 Å². The Bertz CT molecular complexity index is 419. The van der Waals surface area contributed by atoms with Crippen LogP contribution in [0.4, 0.5) is 5.69 Å². The Morgan fingerprint density at radius 3 is 2.21 bits per heavy atom. The average molecular weight is 258 g/mol. The highest BCUT2D eigenvalue weighted by Crippen LogP contribution is 2.36. The third-order valence-corrected chi connectivity index (χ3v) is 4.39. The lowest BCUT2D eigenvalue weighted by Crippen LogP contribution is -2.28. The first-order valence-electron chi connectivity index (χ1n) is 7.81. The van der Waals surface area contributed by atoms with Crippen molar-refractivity contribution < 1.29 is 0 Å². The van der Waals surface area contributed by atoms with Crippen LogP contribution in [0.25, 0.3) is 0 Å². The molecule has 104 valence electrons. The molecule has 0 aromatic heterocycles. The first kappa shape index (κ1) is 13.0. The summed E-state index contributed by atoms with van der Waals surface area (Å²) < 4.78 is 0. The van der Waals surface area contributed by atoms with E-state index in [1.165, 1.54) is 55.6 Å². The van der Waals surface area contributed by atoms with E-state index in [-0.39, 0.29) is 0 Å². The van der Waals surface area contributed by atoms with Crippen molar-refractivity contribution in [2.24, 2.45) is 17.6 Å². The standard InChI is InChI=1S/C17H26N2/c1-13-10-14(8-9-18)6-7-17(13)19(11-15-2-3-15)12-16-4-5-16/h6-7,10,15-16H,2-5,8-9,11-12,18H2,1H3. The van der Waals surface area contributed by atoms with Gasteiger partial charge in [0.25, 0.3) is 0 Å². The zero-order chi connectivity index (χ0) is 13.2. The lowest BCUT2D eigenvalue weighted by molar-refractivity contribution is 0.678. The second kappa shape index (κ2) is 5.54. The first-order valence-corrected chi connectivity index (χ1v) is 7.81. The number of anilines is 1. The molecule has 19 heavy (non-hydrogen) atoms. The predicted octanol–water partition coefficient (Wildman–Crippen LogP) is 3.12. The van der Waals surface area contributed by atoms with Gasteiger partial charge < -0.3 is 10.6 Å². The third kappa shape index (κ3) is 3.50. The van der Waals surface area contributed by atoms with Gasteiger partial charge in [-0.25, -0.2) is 0 Å². The van der Waals surface area contributed by atoms with Crippen molar-refractivity contribution in [3.05, 3.63) is 29.3 Å². The molecule has 1 aromatic carbocycles. The van der Waals surface area contributed by atoms with Crippen LogP contribution in [0, 0.1) is 18.8 Å². The maximum absolute atomic E-state index is 5.65. The Morgan fingerprint density at radius 2 is 1.74 bits per heavy atom. The number of nitrogens with zero attached hydrogens (tertiary/aromatic N) is 1. The van der Waals surface area contributed by atoms with Crippen molar-refractivity contribution in [2.45, 2.75) is 39.0 Å². The van der Waals surface area contributed by atoms with Gasteiger partial charge in [0, 0.05) is 18.8 Å². The lowest BCUT2D eigenvalue weighted by atomic mass is 10.1. The molecule has 2 aliphatic carbocycles. The van der Waals surface area contributed by atoms with Crippen molar-refractivity contribution in [1.82, 2.24) is 0 Å². The van der Waals surface area contributed by atoms with E-state index >= 15 is 0 Å². The fourth-order valence-electron chi connectivity index (χ4n) is 2.89. The first-order chi connectivity index (χ1) is 9.26. The van der Waals surface area contributed by atoms with Gasteiger partial charge in [0.2, 0.25) is 0 Å². The highest BCUT2D eigenvalue weighted by atomic mass is 15.1. The van der Waals surface area contributed by atoms with Crippen LogP contribution in [-0.4, -0.2) is 19.6 Å². The molecule has 0 bridgehead atoms. The predicted molar refractivity (Wildman–Crippen MR) is 81.6 cm³/mol. The molecule has 2 N–H and O–H groups in total. The molecule has 1 aromatic rings. The van der Waals surface area contributed by atoms with Gasteiger partial charge in [0.05, 0.1) is 0 Å². The van der Waals surface area contributed by atoms with Crippen LogP contribution < -0.4 is 10.6 Å². The van der Waals surface area contributed by atoms with Crippen LogP contribution in [0.1, 0.15) is 36.8 Å². The Hall–Kier alpha value is -1.02. The van der Waals surface area contributed by atoms with Crippen LogP contribution in [-0.2, 0) is 6.42 Å². The van der Waals surface area contributed by atoms with Crippen molar-refractivity contribution in [3.8, 4) is 0 Å². The molecule has 2 fully saturated rings. The largest absolute Gasteiger partial charge is 0.371 e. The van der Waals surface area contributed by atoms with Gasteiger partial charge in [-0.1, -0.05) is 12.1 Å². The number of nitrogens with two attached hydrogens (primary N) is 1. The molecule has 2 aliphatic rings. The van der Waals surface area contributed by atoms with Gasteiger partial charge in [-0.3, -0.25) is 0 Å². The lowest BCUT2D eigenvalue weighted by Gasteiger charge is -2.27. The highest BCUT2D eigenvalue weighted by molar-refractivity contribution is 5.55. The monoisotopic (exact) mass is 258 g/mol. The number of rotatable bonds is 7. The second-order valence-electron chi connectivity index (χ2n) is 6.45. The maximum atomic E-state index is 5.65. The van der Waals surface area contributed by atoms with Gasteiger partial charge >= 0.3 is 0 Å². The van der Waals surface area contributed by atoms with E-state index in [0.717, 1.165) is 24.8 Å². The van der Waals surface area contributed by atoms with Gasteiger partial charge in [-0.15, -0.1) is 0 Å². The summed E-state index contributed by atoms with van der Waals surface area (Å²) in [4.78, 5) is 2.65. The summed E-state index contributed by atoms with van der Waals surface area (Å²) in [6.45, 7) is 5.54. The minimum Gasteiger partial charge on any atom is -0.371 e. The molecule has 2 heteroatoms. The van der Waals surface area contributed by atoms with Crippen molar-refractivity contribution >= 4 is 5.69 Å². The van der Waals surface area contributed by atoms with E-state index in [2.05, 4.69) is 30.0 Å². The molecular formula is C17H26N2. The fourth-order valence-corrected chi connectivity index (χ4v) is 2.89. The topological polar surface area (TPSA) is 29.3 Å². The number of hydrogen-bond donors (Lipinski definition) is 1. The molecule has 0 heterocycles. The van der Waals surface area contributed by atoms with E-state index in [1.807, 2.05) is 0 Å². The van der Waals surface area contributed by atoms with Crippen molar-refractivity contribution in [3.63, 3.8) is 0 Å². The molecule has 0 aliphatic heterocycles. The molecular weight excluding hydrogens is 232 g/mol. The summed E-state index contributed by atoms with van der Waals surface area (Å²) in [5.41, 5.74) is 9.90. The fraction of sp³-hybridized carbons (Fsp3) is 0.647. The summed E-state index contributed by atoms with van der Waals surface area (Å²) >= 11 is 0. The summed E-state index contributed by atoms with van der Waals surface area (Å²) in [5.74, 6) is 1.92. The van der Waals surface area contributed by atoms with Crippen molar-refractivity contribution in [2.75, 3.05) is 24.5 Å². The Balaban J connectivity index is 1.75. The summed E-state index contributed by atoms with van der Waals surface area (Å²) in [6, 6.07) is 6.92. The van der Waals surface area contributed by atoms with E-state index in [0.29, 0.717) is 0 Å². The quantitative estimate of drug-likeness (QED) is 0.814. The average Bonchev–Trinajstić information content (AvgIpc) is 3.24. The normalized spacial score (nSPS) is 18.6. The minimum absolute atomic E-state index is 0.743. The Labute approximate surface area is 117 Å². The van der Waals surface area contributed by atoms with Crippen LogP contribution in [0.5, 0.6) is 0 Å². The van der Waals surface area contributed by atoms with Gasteiger partial charge in [0.15, 0.2) is 0 Å². The molecule has 0 unspecified atom stereocenters. The van der Waals surface area contributed by atoms with Gasteiger partial charge in [0.1, 0.15) is 0 Å². The summed E-state index contributed by atoms with van der Waals surface area (Å²) in [6.07, 6.45) is 6.74. The number of benzene rings is 1. The van der Waals surface area contributed by atoms with Crippen LogP contribution in [0.2, 0.25) is 0 Å². The van der Waals surface area contributed by atoms with Crippen molar-refractivity contribution in [1.29, 1.82) is 0 Å². The molecule has 0 amide bonds. The third-order valence-electron chi connectivity index (χ3n) is 4.39. The molecule has 0 atom stereocenters. The molecule has 2 saturated carbocycles.